The number of nitrogens with zero attached hydrogens (tertiary/aromatic N) is 1. The SMILES string of the molecule is O=c1c(F)c2sc3cc(Br)ccc3nc-2c2ccccc12. The van der Waals surface area contributed by atoms with Gasteiger partial charge in [-0.15, -0.1) is 11.3 Å². The summed E-state index contributed by atoms with van der Waals surface area (Å²) in [5, 5.41) is 1.07. The van der Waals surface area contributed by atoms with Crippen molar-refractivity contribution in [2.75, 3.05) is 0 Å². The molecule has 5 heteroatoms. The number of fused-ring (bicyclic) bond motifs is 4. The first-order valence-corrected chi connectivity index (χ1v) is 7.86. The van der Waals surface area contributed by atoms with Gasteiger partial charge in [-0.2, -0.15) is 0 Å². The molecule has 0 fully saturated rings. The minimum Gasteiger partial charge on any atom is -0.286 e. The predicted molar refractivity (Wildman–Crippen MR) is 87.7 cm³/mol. The molecule has 0 bridgehead atoms. The van der Waals surface area contributed by atoms with Crippen LogP contribution in [0.4, 0.5) is 4.39 Å². The van der Waals surface area contributed by atoms with Gasteiger partial charge in [0, 0.05) is 15.2 Å². The molecule has 0 aromatic heterocycles. The molecule has 0 N–H and O–H groups in total. The van der Waals surface area contributed by atoms with Gasteiger partial charge < -0.3 is 0 Å². The van der Waals surface area contributed by atoms with Gasteiger partial charge in [0.15, 0.2) is 5.82 Å². The standard InChI is InChI=1S/C16H7BrFNOS/c17-8-5-6-11-12(7-8)21-16-13(18)15(20)10-4-2-1-3-9(10)14(16)19-11/h1-7H. The summed E-state index contributed by atoms with van der Waals surface area (Å²) in [4.78, 5) is 17.0. The molecule has 0 radical (unpaired) electrons. The molecule has 0 spiro atoms. The molecule has 102 valence electrons. The van der Waals surface area contributed by atoms with Crippen molar-refractivity contribution < 1.29 is 4.39 Å². The average Bonchev–Trinajstić information content (AvgIpc) is 2.51. The lowest BCUT2D eigenvalue weighted by molar-refractivity contribution is 0.626. The molecule has 4 rings (SSSR count). The molecule has 0 amide bonds. The molecule has 0 atom stereocenters. The van der Waals surface area contributed by atoms with Crippen LogP contribution in [0.25, 0.3) is 31.6 Å². The lowest BCUT2D eigenvalue weighted by atomic mass is 10.1. The molecule has 21 heavy (non-hydrogen) atoms. The van der Waals surface area contributed by atoms with E-state index in [1.807, 2.05) is 30.3 Å². The van der Waals surface area contributed by atoms with E-state index in [2.05, 4.69) is 20.9 Å². The van der Waals surface area contributed by atoms with Crippen LogP contribution in [0.3, 0.4) is 0 Å². The molecule has 2 aromatic rings. The van der Waals surface area contributed by atoms with Crippen LogP contribution in [0.1, 0.15) is 0 Å². The second kappa shape index (κ2) is 4.58. The fourth-order valence-corrected chi connectivity index (χ4v) is 4.00. The number of aromatic nitrogens is 1. The van der Waals surface area contributed by atoms with Crippen molar-refractivity contribution >= 4 is 48.3 Å². The Kier molecular flexibility index (Phi) is 2.80. The Bertz CT molecular complexity index is 1040. The second-order valence-electron chi connectivity index (χ2n) is 4.69. The summed E-state index contributed by atoms with van der Waals surface area (Å²) in [5.74, 6) is -0.719. The Hall–Kier alpha value is -1.85. The number of hydrogen-bond donors (Lipinski definition) is 0. The zero-order valence-electron chi connectivity index (χ0n) is 10.6. The van der Waals surface area contributed by atoms with Crippen molar-refractivity contribution in [3.8, 4) is 10.6 Å². The van der Waals surface area contributed by atoms with E-state index >= 15 is 0 Å². The van der Waals surface area contributed by atoms with Gasteiger partial charge in [-0.1, -0.05) is 40.2 Å². The summed E-state index contributed by atoms with van der Waals surface area (Å²) in [7, 11) is 0. The molecular weight excluding hydrogens is 353 g/mol. The molecule has 0 saturated carbocycles. The van der Waals surface area contributed by atoms with Gasteiger partial charge in [-0.25, -0.2) is 9.37 Å². The number of halogens is 2. The Morgan fingerprint density at radius 1 is 1.10 bits per heavy atom. The first-order valence-electron chi connectivity index (χ1n) is 6.25. The molecule has 2 aromatic carbocycles. The van der Waals surface area contributed by atoms with Crippen molar-refractivity contribution in [1.82, 2.24) is 4.98 Å². The molecule has 2 aliphatic rings. The van der Waals surface area contributed by atoms with E-state index in [4.69, 9.17) is 0 Å². The summed E-state index contributed by atoms with van der Waals surface area (Å²) < 4.78 is 16.1. The minimum atomic E-state index is -0.719. The number of rotatable bonds is 0. The zero-order chi connectivity index (χ0) is 14.6. The quantitative estimate of drug-likeness (QED) is 0.333. The highest BCUT2D eigenvalue weighted by Gasteiger charge is 2.20. The van der Waals surface area contributed by atoms with Crippen LogP contribution in [0.2, 0.25) is 0 Å². The van der Waals surface area contributed by atoms with Crippen molar-refractivity contribution in [3.05, 3.63) is 63.0 Å². The van der Waals surface area contributed by atoms with E-state index in [1.54, 1.807) is 12.1 Å². The summed E-state index contributed by atoms with van der Waals surface area (Å²) in [6, 6.07) is 12.7. The van der Waals surface area contributed by atoms with Crippen molar-refractivity contribution in [2.45, 2.75) is 0 Å². The van der Waals surface area contributed by atoms with E-state index in [9.17, 15) is 9.18 Å². The maximum Gasteiger partial charge on any atom is 0.223 e. The van der Waals surface area contributed by atoms with Crippen LogP contribution >= 0.6 is 27.3 Å². The van der Waals surface area contributed by atoms with Crippen LogP contribution in [-0.4, -0.2) is 4.98 Å². The highest BCUT2D eigenvalue weighted by Crippen LogP contribution is 2.36. The summed E-state index contributed by atoms with van der Waals surface area (Å²) in [6.45, 7) is 0. The minimum absolute atomic E-state index is 0.310. The van der Waals surface area contributed by atoms with Crippen molar-refractivity contribution in [3.63, 3.8) is 0 Å². The molecule has 0 saturated heterocycles. The Morgan fingerprint density at radius 3 is 2.67 bits per heavy atom. The van der Waals surface area contributed by atoms with Crippen LogP contribution in [0.15, 0.2) is 51.7 Å². The molecule has 1 heterocycles. The smallest absolute Gasteiger partial charge is 0.223 e. The van der Waals surface area contributed by atoms with Crippen LogP contribution < -0.4 is 5.43 Å². The fourth-order valence-electron chi connectivity index (χ4n) is 2.43. The lowest BCUT2D eigenvalue weighted by Gasteiger charge is -2.10. The van der Waals surface area contributed by atoms with E-state index in [-0.39, 0.29) is 0 Å². The van der Waals surface area contributed by atoms with E-state index < -0.39 is 11.2 Å². The van der Waals surface area contributed by atoms with Gasteiger partial charge in [-0.3, -0.25) is 4.79 Å². The van der Waals surface area contributed by atoms with Gasteiger partial charge in [0.05, 0.1) is 20.8 Å². The lowest BCUT2D eigenvalue weighted by Crippen LogP contribution is -2.10. The van der Waals surface area contributed by atoms with Gasteiger partial charge in [0.25, 0.3) is 0 Å². The highest BCUT2D eigenvalue weighted by molar-refractivity contribution is 9.10. The molecule has 1 aliphatic carbocycles. The van der Waals surface area contributed by atoms with E-state index in [0.29, 0.717) is 21.3 Å². The first-order chi connectivity index (χ1) is 10.1. The third-order valence-electron chi connectivity index (χ3n) is 3.41. The van der Waals surface area contributed by atoms with E-state index in [0.717, 1.165) is 14.7 Å². The van der Waals surface area contributed by atoms with Gasteiger partial charge in [-0.05, 0) is 18.2 Å². The van der Waals surface area contributed by atoms with Crippen LogP contribution in [-0.2, 0) is 0 Å². The summed E-state index contributed by atoms with van der Waals surface area (Å²) >= 11 is 4.65. The van der Waals surface area contributed by atoms with Crippen LogP contribution in [0, 0.1) is 5.82 Å². The second-order valence-corrected chi connectivity index (χ2v) is 6.66. The summed E-state index contributed by atoms with van der Waals surface area (Å²) in [5.41, 5.74) is 0.770. The molecule has 0 unspecified atom stereocenters. The highest BCUT2D eigenvalue weighted by atomic mass is 79.9. The van der Waals surface area contributed by atoms with Crippen molar-refractivity contribution in [1.29, 1.82) is 0 Å². The largest absolute Gasteiger partial charge is 0.286 e. The Morgan fingerprint density at radius 2 is 1.86 bits per heavy atom. The maximum atomic E-state index is 14.4. The summed E-state index contributed by atoms with van der Waals surface area (Å²) in [6.07, 6.45) is 0. The number of benzene rings is 3. The molecular formula is C16H7BrFNOS. The molecule has 2 nitrogen and oxygen atoms in total. The van der Waals surface area contributed by atoms with E-state index in [1.165, 1.54) is 11.3 Å². The van der Waals surface area contributed by atoms with Crippen molar-refractivity contribution in [2.24, 2.45) is 0 Å². The molecule has 1 aliphatic heterocycles. The zero-order valence-corrected chi connectivity index (χ0v) is 13.0. The maximum absolute atomic E-state index is 14.4. The van der Waals surface area contributed by atoms with Gasteiger partial charge >= 0.3 is 0 Å². The monoisotopic (exact) mass is 359 g/mol. The average molecular weight is 360 g/mol. The Balaban J connectivity index is 2.30. The van der Waals surface area contributed by atoms with Gasteiger partial charge in [0.2, 0.25) is 5.43 Å². The normalized spacial score (nSPS) is 11.5. The third-order valence-corrected chi connectivity index (χ3v) is 5.02. The first kappa shape index (κ1) is 12.9. The number of hydrogen-bond acceptors (Lipinski definition) is 3. The van der Waals surface area contributed by atoms with Gasteiger partial charge in [0.1, 0.15) is 0 Å². The fraction of sp³-hybridized carbons (Fsp3) is 0. The third kappa shape index (κ3) is 1.88. The predicted octanol–water partition coefficient (Wildman–Crippen LogP) is 4.82. The Labute approximate surface area is 131 Å². The van der Waals surface area contributed by atoms with Crippen LogP contribution in [0.5, 0.6) is 0 Å². The topological polar surface area (TPSA) is 30.0 Å².